The van der Waals surface area contributed by atoms with Gasteiger partial charge < -0.3 is 16.0 Å². The number of rotatable bonds is 10. The van der Waals surface area contributed by atoms with Crippen LogP contribution in [-0.4, -0.2) is 40.8 Å². The van der Waals surface area contributed by atoms with E-state index in [1.165, 1.54) is 0 Å². The zero-order chi connectivity index (χ0) is 24.3. The van der Waals surface area contributed by atoms with Gasteiger partial charge in [-0.2, -0.15) is 11.8 Å². The van der Waals surface area contributed by atoms with Gasteiger partial charge in [-0.1, -0.05) is 29.8 Å². The van der Waals surface area contributed by atoms with Gasteiger partial charge in [-0.3, -0.25) is 19.4 Å². The molecule has 34 heavy (non-hydrogen) atoms. The van der Waals surface area contributed by atoms with Gasteiger partial charge in [0.05, 0.1) is 0 Å². The molecule has 0 aliphatic heterocycles. The largest absolute Gasteiger partial charge is 0.350 e. The number of hydrogen-bond acceptors (Lipinski definition) is 5. The lowest BCUT2D eigenvalue weighted by Crippen LogP contribution is -2.46. The fourth-order valence-corrected chi connectivity index (χ4v) is 3.78. The van der Waals surface area contributed by atoms with E-state index < -0.39 is 6.04 Å². The Labute approximate surface area is 203 Å². The minimum atomic E-state index is -0.643. The van der Waals surface area contributed by atoms with Crippen molar-refractivity contribution in [1.82, 2.24) is 15.6 Å². The number of thioether (sulfide) groups is 1. The third-order valence-corrected chi connectivity index (χ3v) is 5.75. The lowest BCUT2D eigenvalue weighted by molar-refractivity contribution is -0.123. The molecule has 0 radical (unpaired) electrons. The molecule has 1 unspecified atom stereocenters. The second-order valence-corrected chi connectivity index (χ2v) is 8.77. The lowest BCUT2D eigenvalue weighted by Gasteiger charge is -2.18. The van der Waals surface area contributed by atoms with Gasteiger partial charge in [0, 0.05) is 35.8 Å². The summed E-state index contributed by atoms with van der Waals surface area (Å²) in [6, 6.07) is 17.2. The summed E-state index contributed by atoms with van der Waals surface area (Å²) < 4.78 is 0. The van der Waals surface area contributed by atoms with Crippen LogP contribution in [0.5, 0.6) is 0 Å². The van der Waals surface area contributed by atoms with Crippen molar-refractivity contribution in [3.8, 4) is 0 Å². The first-order valence-corrected chi connectivity index (χ1v) is 12.3. The van der Waals surface area contributed by atoms with E-state index in [4.69, 9.17) is 0 Å². The molecule has 0 saturated carbocycles. The zero-order valence-electron chi connectivity index (χ0n) is 19.2. The second-order valence-electron chi connectivity index (χ2n) is 7.79. The first-order valence-electron chi connectivity index (χ1n) is 10.9. The van der Waals surface area contributed by atoms with Crippen molar-refractivity contribution in [2.24, 2.45) is 0 Å². The molecule has 0 aliphatic carbocycles. The van der Waals surface area contributed by atoms with Crippen molar-refractivity contribution in [2.45, 2.75) is 25.9 Å². The predicted octanol–water partition coefficient (Wildman–Crippen LogP) is 3.81. The lowest BCUT2D eigenvalue weighted by atomic mass is 10.1. The summed E-state index contributed by atoms with van der Waals surface area (Å²) in [5.74, 6) is -0.0190. The van der Waals surface area contributed by atoms with E-state index in [9.17, 15) is 14.4 Å². The van der Waals surface area contributed by atoms with E-state index in [2.05, 4.69) is 20.9 Å². The number of pyridine rings is 1. The van der Waals surface area contributed by atoms with E-state index in [1.807, 2.05) is 43.5 Å². The number of aromatic nitrogens is 1. The van der Waals surface area contributed by atoms with Crippen LogP contribution in [0.15, 0.2) is 73.1 Å². The molecule has 0 fully saturated rings. The Bertz CT molecular complexity index is 1140. The molecule has 3 aromatic rings. The zero-order valence-corrected chi connectivity index (χ0v) is 20.0. The smallest absolute Gasteiger partial charge is 0.255 e. The first-order chi connectivity index (χ1) is 16.5. The fourth-order valence-electron chi connectivity index (χ4n) is 3.31. The molecule has 3 amide bonds. The number of carbonyl (C=O) groups is 3. The van der Waals surface area contributed by atoms with Crippen LogP contribution in [0.4, 0.5) is 5.69 Å². The number of aryl methyl sites for hydroxylation is 1. The molecule has 0 spiro atoms. The molecular formula is C26H28N4O3S. The van der Waals surface area contributed by atoms with Gasteiger partial charge in [0.25, 0.3) is 11.8 Å². The molecule has 7 nitrogen and oxygen atoms in total. The monoisotopic (exact) mass is 476 g/mol. The quantitative estimate of drug-likeness (QED) is 0.413. The van der Waals surface area contributed by atoms with Gasteiger partial charge in [-0.15, -0.1) is 0 Å². The number of nitrogens with zero attached hydrogens (tertiary/aromatic N) is 1. The highest BCUT2D eigenvalue weighted by atomic mass is 32.2. The summed E-state index contributed by atoms with van der Waals surface area (Å²) in [7, 11) is 0. The highest BCUT2D eigenvalue weighted by Gasteiger charge is 2.21. The van der Waals surface area contributed by atoms with Crippen LogP contribution in [0, 0.1) is 6.92 Å². The summed E-state index contributed by atoms with van der Waals surface area (Å²) in [6.45, 7) is 2.19. The minimum absolute atomic E-state index is 0.237. The van der Waals surface area contributed by atoms with Gasteiger partial charge in [0.15, 0.2) is 0 Å². The number of benzene rings is 2. The number of carbonyl (C=O) groups excluding carboxylic acids is 3. The maximum absolute atomic E-state index is 12.9. The van der Waals surface area contributed by atoms with E-state index >= 15 is 0 Å². The van der Waals surface area contributed by atoms with Gasteiger partial charge >= 0.3 is 0 Å². The molecule has 1 atom stereocenters. The maximum atomic E-state index is 12.9. The van der Waals surface area contributed by atoms with Crippen LogP contribution in [-0.2, 0) is 11.3 Å². The summed E-state index contributed by atoms with van der Waals surface area (Å²) in [6.07, 6.45) is 5.60. The Morgan fingerprint density at radius 2 is 1.71 bits per heavy atom. The number of anilines is 1. The Kier molecular flexibility index (Phi) is 9.22. The van der Waals surface area contributed by atoms with Gasteiger partial charge in [0.1, 0.15) is 6.04 Å². The molecular weight excluding hydrogens is 448 g/mol. The number of nitrogens with one attached hydrogen (secondary N) is 3. The van der Waals surface area contributed by atoms with Crippen molar-refractivity contribution in [2.75, 3.05) is 17.3 Å². The van der Waals surface area contributed by atoms with Crippen LogP contribution < -0.4 is 16.0 Å². The van der Waals surface area contributed by atoms with Crippen molar-refractivity contribution in [3.05, 3.63) is 95.3 Å². The molecule has 2 aromatic carbocycles. The van der Waals surface area contributed by atoms with Crippen LogP contribution in [0.2, 0.25) is 0 Å². The highest BCUT2D eigenvalue weighted by Crippen LogP contribution is 2.13. The van der Waals surface area contributed by atoms with E-state index in [-0.39, 0.29) is 24.3 Å². The molecule has 1 aromatic heterocycles. The molecule has 3 N–H and O–H groups in total. The number of amides is 3. The van der Waals surface area contributed by atoms with Crippen molar-refractivity contribution < 1.29 is 14.4 Å². The van der Waals surface area contributed by atoms with E-state index in [0.717, 1.165) is 16.9 Å². The molecule has 1 heterocycles. The topological polar surface area (TPSA) is 100 Å². The molecule has 3 rings (SSSR count). The van der Waals surface area contributed by atoms with Crippen LogP contribution in [0.25, 0.3) is 0 Å². The Morgan fingerprint density at radius 1 is 0.941 bits per heavy atom. The summed E-state index contributed by atoms with van der Waals surface area (Å²) >= 11 is 1.62. The molecule has 0 bridgehead atoms. The van der Waals surface area contributed by atoms with Crippen molar-refractivity contribution in [3.63, 3.8) is 0 Å². The Morgan fingerprint density at radius 3 is 2.44 bits per heavy atom. The van der Waals surface area contributed by atoms with Crippen LogP contribution >= 0.6 is 11.8 Å². The van der Waals surface area contributed by atoms with E-state index in [0.29, 0.717) is 23.2 Å². The molecule has 176 valence electrons. The number of hydrogen-bond donors (Lipinski definition) is 3. The van der Waals surface area contributed by atoms with Gasteiger partial charge in [0.2, 0.25) is 5.91 Å². The highest BCUT2D eigenvalue weighted by molar-refractivity contribution is 7.98. The summed E-state index contributed by atoms with van der Waals surface area (Å²) in [5.41, 5.74) is 3.47. The average Bonchev–Trinajstić information content (AvgIpc) is 2.85. The third kappa shape index (κ3) is 7.45. The molecule has 0 aliphatic rings. The standard InChI is InChI=1S/C26H28N4O3S/c1-18-5-3-7-21(15-18)25(32)30-23(11-14-34-2)26(33)28-17-19-6-4-8-22(16-19)29-24(31)20-9-12-27-13-10-20/h3-10,12-13,15-16,23H,11,14,17H2,1-2H3,(H,28,33)(H,29,31)(H,30,32). The summed E-state index contributed by atoms with van der Waals surface area (Å²) in [4.78, 5) is 41.8. The normalized spacial score (nSPS) is 11.4. The van der Waals surface area contributed by atoms with Crippen LogP contribution in [0.1, 0.15) is 38.3 Å². The van der Waals surface area contributed by atoms with Gasteiger partial charge in [-0.05, 0) is 67.3 Å². The Hall–Kier alpha value is -3.65. The van der Waals surface area contributed by atoms with Gasteiger partial charge in [-0.25, -0.2) is 0 Å². The van der Waals surface area contributed by atoms with Crippen molar-refractivity contribution in [1.29, 1.82) is 0 Å². The van der Waals surface area contributed by atoms with Crippen molar-refractivity contribution >= 4 is 35.2 Å². The SMILES string of the molecule is CSCCC(NC(=O)c1cccc(C)c1)C(=O)NCc1cccc(NC(=O)c2ccncc2)c1. The minimum Gasteiger partial charge on any atom is -0.350 e. The molecule has 8 heteroatoms. The maximum Gasteiger partial charge on any atom is 0.255 e. The Balaban J connectivity index is 1.60. The predicted molar refractivity (Wildman–Crippen MR) is 136 cm³/mol. The summed E-state index contributed by atoms with van der Waals surface area (Å²) in [5, 5.41) is 8.61. The van der Waals surface area contributed by atoms with E-state index in [1.54, 1.807) is 54.5 Å². The van der Waals surface area contributed by atoms with Crippen LogP contribution in [0.3, 0.4) is 0 Å². The first kappa shape index (κ1) is 25.0. The second kappa shape index (κ2) is 12.6. The third-order valence-electron chi connectivity index (χ3n) is 5.11. The molecule has 0 saturated heterocycles. The fraction of sp³-hybridized carbons (Fsp3) is 0.231. The average molecular weight is 477 g/mol.